The maximum absolute atomic E-state index is 14.2. The van der Waals surface area contributed by atoms with Crippen molar-refractivity contribution in [3.8, 4) is 6.07 Å². The van der Waals surface area contributed by atoms with Crippen LogP contribution in [-0.4, -0.2) is 67.8 Å². The number of carbonyl (C=O) groups excluding carboxylic acids is 2. The molecule has 2 fully saturated rings. The molecule has 0 radical (unpaired) electrons. The SMILES string of the molecule is CCc1cc2c(cc1N1CCN(C(=O)OC(C)(C)C)CC1)C1(CCOCC1)C1Nc3cc(C#N)ccc3C1C2=O. The molecule has 1 spiro atoms. The van der Waals surface area contributed by atoms with Crippen LogP contribution in [0.15, 0.2) is 30.3 Å². The molecule has 1 N–H and O–H groups in total. The number of ketones is 1. The van der Waals surface area contributed by atoms with Gasteiger partial charge in [-0.25, -0.2) is 4.79 Å². The van der Waals surface area contributed by atoms with Crippen LogP contribution in [0.5, 0.6) is 0 Å². The third-order valence-corrected chi connectivity index (χ3v) is 9.10. The number of amides is 1. The second-order valence-corrected chi connectivity index (χ2v) is 12.5. The molecular weight excluding hydrogens is 504 g/mol. The van der Waals surface area contributed by atoms with Gasteiger partial charge < -0.3 is 24.6 Å². The van der Waals surface area contributed by atoms with E-state index in [1.807, 2.05) is 39.0 Å². The van der Waals surface area contributed by atoms with Crippen LogP contribution in [0.1, 0.15) is 79.1 Å². The average molecular weight is 543 g/mol. The molecule has 6 rings (SSSR count). The summed E-state index contributed by atoms with van der Waals surface area (Å²) in [5, 5.41) is 13.2. The Balaban J connectivity index is 1.37. The van der Waals surface area contributed by atoms with Crippen LogP contribution < -0.4 is 10.2 Å². The lowest BCUT2D eigenvalue weighted by molar-refractivity contribution is 0.0240. The summed E-state index contributed by atoms with van der Waals surface area (Å²) in [4.78, 5) is 31.0. The maximum atomic E-state index is 14.2. The van der Waals surface area contributed by atoms with Gasteiger partial charge in [0.1, 0.15) is 5.60 Å². The minimum Gasteiger partial charge on any atom is -0.444 e. The Labute approximate surface area is 236 Å². The first-order chi connectivity index (χ1) is 19.1. The molecule has 3 heterocycles. The van der Waals surface area contributed by atoms with Gasteiger partial charge in [0, 0.05) is 61.7 Å². The molecule has 1 aliphatic carbocycles. The maximum Gasteiger partial charge on any atom is 0.410 e. The third kappa shape index (κ3) is 4.32. The van der Waals surface area contributed by atoms with Crippen molar-refractivity contribution < 1.29 is 19.1 Å². The first-order valence-electron chi connectivity index (χ1n) is 14.5. The predicted molar refractivity (Wildman–Crippen MR) is 153 cm³/mol. The molecule has 3 aliphatic heterocycles. The number of hydrogen-bond acceptors (Lipinski definition) is 7. The number of benzene rings is 2. The number of piperazine rings is 1. The largest absolute Gasteiger partial charge is 0.444 e. The summed E-state index contributed by atoms with van der Waals surface area (Å²) in [7, 11) is 0. The standard InChI is InChI=1S/C32H38N4O4/c1-5-21-17-23-24(18-26(21)35-10-12-36(13-11-35)30(38)40-31(2,3)4)32(8-14-39-15-9-32)29-27(28(23)37)22-7-6-20(19-33)16-25(22)34-29/h6-7,16-18,27,29,34H,5,8-15H2,1-4H3. The van der Waals surface area contributed by atoms with E-state index in [2.05, 4.69) is 35.3 Å². The normalized spacial score (nSPS) is 23.1. The highest BCUT2D eigenvalue weighted by atomic mass is 16.6. The van der Waals surface area contributed by atoms with Crippen molar-refractivity contribution in [1.29, 1.82) is 5.26 Å². The number of carbonyl (C=O) groups is 2. The number of aryl methyl sites for hydroxylation is 1. The lowest BCUT2D eigenvalue weighted by Crippen LogP contribution is -2.54. The van der Waals surface area contributed by atoms with Gasteiger partial charge in [-0.1, -0.05) is 13.0 Å². The van der Waals surface area contributed by atoms with Crippen molar-refractivity contribution in [3.63, 3.8) is 0 Å². The van der Waals surface area contributed by atoms with E-state index in [9.17, 15) is 14.9 Å². The van der Waals surface area contributed by atoms with E-state index >= 15 is 0 Å². The molecule has 0 saturated carbocycles. The predicted octanol–water partition coefficient (Wildman–Crippen LogP) is 5.00. The molecule has 0 aromatic heterocycles. The number of hydrogen-bond donors (Lipinski definition) is 1. The Morgan fingerprint density at radius 2 is 1.88 bits per heavy atom. The van der Waals surface area contributed by atoms with Gasteiger partial charge in [-0.2, -0.15) is 5.26 Å². The number of Topliss-reactive ketones (excluding diaryl/α,β-unsaturated/α-hetero) is 1. The zero-order valence-corrected chi connectivity index (χ0v) is 23.9. The first kappa shape index (κ1) is 26.6. The second kappa shape index (κ2) is 9.81. The van der Waals surface area contributed by atoms with Crippen molar-refractivity contribution in [3.05, 3.63) is 58.1 Å². The van der Waals surface area contributed by atoms with E-state index in [-0.39, 0.29) is 29.3 Å². The average Bonchev–Trinajstić information content (AvgIpc) is 3.35. The van der Waals surface area contributed by atoms with E-state index in [1.54, 1.807) is 4.90 Å². The third-order valence-electron chi connectivity index (χ3n) is 9.10. The van der Waals surface area contributed by atoms with Crippen molar-refractivity contribution in [2.75, 3.05) is 49.6 Å². The number of nitrogens with zero attached hydrogens (tertiary/aromatic N) is 3. The minimum absolute atomic E-state index is 0.0790. The van der Waals surface area contributed by atoms with Gasteiger partial charge in [0.05, 0.1) is 23.6 Å². The highest BCUT2D eigenvalue weighted by molar-refractivity contribution is 6.07. The molecule has 1 amide bonds. The van der Waals surface area contributed by atoms with E-state index < -0.39 is 5.60 Å². The smallest absolute Gasteiger partial charge is 0.410 e. The van der Waals surface area contributed by atoms with Crippen LogP contribution in [-0.2, 0) is 21.3 Å². The van der Waals surface area contributed by atoms with Crippen LogP contribution in [0, 0.1) is 11.3 Å². The molecular formula is C32H38N4O4. The number of nitrogens with one attached hydrogen (secondary N) is 1. The molecule has 210 valence electrons. The van der Waals surface area contributed by atoms with Crippen LogP contribution in [0.2, 0.25) is 0 Å². The molecule has 4 aliphatic rings. The molecule has 8 heteroatoms. The summed E-state index contributed by atoms with van der Waals surface area (Å²) in [6.07, 6.45) is 2.21. The lowest BCUT2D eigenvalue weighted by atomic mass is 9.58. The van der Waals surface area contributed by atoms with Gasteiger partial charge in [0.25, 0.3) is 0 Å². The van der Waals surface area contributed by atoms with Crippen LogP contribution in [0.25, 0.3) is 0 Å². The number of anilines is 2. The van der Waals surface area contributed by atoms with Gasteiger partial charge in [-0.05, 0) is 81.0 Å². The zero-order valence-electron chi connectivity index (χ0n) is 23.9. The highest BCUT2D eigenvalue weighted by Gasteiger charge is 2.56. The summed E-state index contributed by atoms with van der Waals surface area (Å²) in [5.74, 6) is -0.120. The van der Waals surface area contributed by atoms with Crippen LogP contribution >= 0.6 is 0 Å². The molecule has 2 atom stereocenters. The van der Waals surface area contributed by atoms with E-state index in [0.717, 1.165) is 52.9 Å². The Bertz CT molecular complexity index is 1390. The molecule has 2 unspecified atom stereocenters. The summed E-state index contributed by atoms with van der Waals surface area (Å²) < 4.78 is 11.4. The second-order valence-electron chi connectivity index (χ2n) is 12.5. The summed E-state index contributed by atoms with van der Waals surface area (Å²) >= 11 is 0. The van der Waals surface area contributed by atoms with Crippen molar-refractivity contribution in [1.82, 2.24) is 4.90 Å². The molecule has 2 aromatic carbocycles. The first-order valence-corrected chi connectivity index (χ1v) is 14.5. The summed E-state index contributed by atoms with van der Waals surface area (Å²) in [6.45, 7) is 11.7. The topological polar surface area (TPSA) is 94.9 Å². The van der Waals surface area contributed by atoms with E-state index in [1.165, 1.54) is 0 Å². The fraction of sp³-hybridized carbons (Fsp3) is 0.531. The number of ether oxygens (including phenoxy) is 2. The molecule has 40 heavy (non-hydrogen) atoms. The fourth-order valence-electron chi connectivity index (χ4n) is 7.14. The zero-order chi connectivity index (χ0) is 28.2. The van der Waals surface area contributed by atoms with E-state index in [4.69, 9.17) is 9.47 Å². The quantitative estimate of drug-likeness (QED) is 0.571. The summed E-state index contributed by atoms with van der Waals surface area (Å²) in [5.41, 5.74) is 5.97. The highest BCUT2D eigenvalue weighted by Crippen LogP contribution is 2.55. The molecule has 0 bridgehead atoms. The number of rotatable bonds is 2. The van der Waals surface area contributed by atoms with Gasteiger partial charge in [-0.15, -0.1) is 0 Å². The Kier molecular flexibility index (Phi) is 6.53. The monoisotopic (exact) mass is 542 g/mol. The fourth-order valence-corrected chi connectivity index (χ4v) is 7.14. The van der Waals surface area contributed by atoms with Gasteiger partial charge >= 0.3 is 6.09 Å². The van der Waals surface area contributed by atoms with Gasteiger partial charge in [0.15, 0.2) is 5.78 Å². The lowest BCUT2D eigenvalue weighted by Gasteiger charge is -2.49. The van der Waals surface area contributed by atoms with E-state index in [0.29, 0.717) is 45.0 Å². The number of fused-ring (bicyclic) bond motifs is 6. The Morgan fingerprint density at radius 1 is 1.15 bits per heavy atom. The van der Waals surface area contributed by atoms with Crippen molar-refractivity contribution >= 4 is 23.3 Å². The van der Waals surface area contributed by atoms with Crippen molar-refractivity contribution in [2.45, 2.75) is 69.9 Å². The Morgan fingerprint density at radius 3 is 2.52 bits per heavy atom. The Hall–Kier alpha value is -3.57. The molecule has 8 nitrogen and oxygen atoms in total. The minimum atomic E-state index is -0.519. The summed E-state index contributed by atoms with van der Waals surface area (Å²) in [6, 6.07) is 12.2. The van der Waals surface area contributed by atoms with Crippen LogP contribution in [0.3, 0.4) is 0 Å². The van der Waals surface area contributed by atoms with Gasteiger partial charge in [0.2, 0.25) is 0 Å². The molecule has 2 aromatic rings. The van der Waals surface area contributed by atoms with Crippen molar-refractivity contribution in [2.24, 2.45) is 0 Å². The van der Waals surface area contributed by atoms with Crippen LogP contribution in [0.4, 0.5) is 16.2 Å². The molecule has 2 saturated heterocycles. The van der Waals surface area contributed by atoms with Gasteiger partial charge in [-0.3, -0.25) is 4.79 Å². The number of nitriles is 1.